The molecule has 3 nitrogen and oxygen atoms in total. The maximum Gasteiger partial charge on any atom is 0.433 e. The summed E-state index contributed by atoms with van der Waals surface area (Å²) < 4.78 is 42.4. The average molecular weight is 283 g/mol. The van der Waals surface area contributed by atoms with Gasteiger partial charge in [-0.15, -0.1) is 0 Å². The fraction of sp³-hybridized carbons (Fsp3) is 0.214. The topological polar surface area (TPSA) is 42.4 Å². The number of ether oxygens (including phenoxy) is 1. The molecule has 2 rings (SSSR count). The van der Waals surface area contributed by atoms with Crippen LogP contribution in [0.5, 0.6) is 5.75 Å². The van der Waals surface area contributed by atoms with Gasteiger partial charge in [0, 0.05) is 11.8 Å². The fourth-order valence-electron chi connectivity index (χ4n) is 1.83. The Morgan fingerprint density at radius 3 is 2.45 bits per heavy atom. The number of aromatic nitrogens is 1. The van der Waals surface area contributed by atoms with E-state index in [2.05, 4.69) is 4.98 Å². The second-order valence-corrected chi connectivity index (χ2v) is 4.11. The van der Waals surface area contributed by atoms with Crippen LogP contribution < -0.4 is 4.74 Å². The maximum atomic E-state index is 12.4. The Morgan fingerprint density at radius 1 is 1.20 bits per heavy atom. The van der Waals surface area contributed by atoms with E-state index in [-0.39, 0.29) is 6.61 Å². The van der Waals surface area contributed by atoms with Crippen LogP contribution >= 0.6 is 0 Å². The number of hydrogen-bond donors (Lipinski definition) is 1. The highest BCUT2D eigenvalue weighted by molar-refractivity contribution is 5.67. The SMILES string of the molecule is COc1ccc(-c2ccc(C(F)(F)F)nc2)c(CO)c1. The second kappa shape index (κ2) is 5.50. The van der Waals surface area contributed by atoms with Gasteiger partial charge in [-0.1, -0.05) is 12.1 Å². The van der Waals surface area contributed by atoms with Crippen LogP contribution in [-0.4, -0.2) is 17.2 Å². The van der Waals surface area contributed by atoms with Crippen molar-refractivity contribution in [3.8, 4) is 16.9 Å². The smallest absolute Gasteiger partial charge is 0.433 e. The molecule has 0 atom stereocenters. The molecule has 0 radical (unpaired) electrons. The molecule has 20 heavy (non-hydrogen) atoms. The number of rotatable bonds is 3. The van der Waals surface area contributed by atoms with Crippen molar-refractivity contribution in [2.45, 2.75) is 12.8 Å². The van der Waals surface area contributed by atoms with E-state index in [1.165, 1.54) is 13.2 Å². The van der Waals surface area contributed by atoms with Gasteiger partial charge in [0.25, 0.3) is 0 Å². The lowest BCUT2D eigenvalue weighted by Gasteiger charge is -2.11. The molecule has 6 heteroatoms. The summed E-state index contributed by atoms with van der Waals surface area (Å²) in [6.07, 6.45) is -3.32. The van der Waals surface area contributed by atoms with Gasteiger partial charge in [0.05, 0.1) is 13.7 Å². The van der Waals surface area contributed by atoms with Gasteiger partial charge < -0.3 is 9.84 Å². The molecule has 1 heterocycles. The summed E-state index contributed by atoms with van der Waals surface area (Å²) in [6.45, 7) is -0.243. The quantitative estimate of drug-likeness (QED) is 0.940. The third-order valence-electron chi connectivity index (χ3n) is 2.85. The number of hydrogen-bond acceptors (Lipinski definition) is 3. The van der Waals surface area contributed by atoms with Gasteiger partial charge in [-0.05, 0) is 29.3 Å². The first kappa shape index (κ1) is 14.3. The first-order valence-corrected chi connectivity index (χ1v) is 5.77. The standard InChI is InChI=1S/C14H12F3NO2/c1-20-11-3-4-12(10(6-11)8-19)9-2-5-13(18-7-9)14(15,16)17/h2-7,19H,8H2,1H3. The molecule has 0 unspecified atom stereocenters. The zero-order chi connectivity index (χ0) is 14.8. The molecule has 0 aliphatic carbocycles. The van der Waals surface area contributed by atoms with Crippen molar-refractivity contribution < 1.29 is 23.0 Å². The van der Waals surface area contributed by atoms with Gasteiger partial charge in [-0.2, -0.15) is 13.2 Å². The number of alkyl halides is 3. The Balaban J connectivity index is 2.41. The van der Waals surface area contributed by atoms with E-state index >= 15 is 0 Å². The molecular formula is C14H12F3NO2. The second-order valence-electron chi connectivity index (χ2n) is 4.11. The van der Waals surface area contributed by atoms with E-state index in [0.29, 0.717) is 22.4 Å². The van der Waals surface area contributed by atoms with Crippen LogP contribution in [0.3, 0.4) is 0 Å². The van der Waals surface area contributed by atoms with Crippen LogP contribution in [0.1, 0.15) is 11.3 Å². The number of aliphatic hydroxyl groups is 1. The van der Waals surface area contributed by atoms with Gasteiger partial charge in [0.1, 0.15) is 11.4 Å². The first-order chi connectivity index (χ1) is 9.45. The van der Waals surface area contributed by atoms with Crippen LogP contribution in [0.2, 0.25) is 0 Å². The zero-order valence-electron chi connectivity index (χ0n) is 10.6. The Kier molecular flexibility index (Phi) is 3.94. The molecule has 0 aliphatic heterocycles. The lowest BCUT2D eigenvalue weighted by molar-refractivity contribution is -0.141. The van der Waals surface area contributed by atoms with Gasteiger partial charge in [-0.3, -0.25) is 4.98 Å². The summed E-state index contributed by atoms with van der Waals surface area (Å²) in [5.41, 5.74) is 0.741. The van der Waals surface area contributed by atoms with E-state index in [1.54, 1.807) is 18.2 Å². The largest absolute Gasteiger partial charge is 0.497 e. The summed E-state index contributed by atoms with van der Waals surface area (Å²) in [6, 6.07) is 7.23. The molecule has 1 N–H and O–H groups in total. The highest BCUT2D eigenvalue weighted by Crippen LogP contribution is 2.31. The van der Waals surface area contributed by atoms with Crippen LogP contribution in [0.15, 0.2) is 36.5 Å². The molecule has 0 saturated heterocycles. The lowest BCUT2D eigenvalue weighted by atomic mass is 10.0. The number of methoxy groups -OCH3 is 1. The Morgan fingerprint density at radius 2 is 1.95 bits per heavy atom. The van der Waals surface area contributed by atoms with Crippen molar-refractivity contribution in [1.29, 1.82) is 0 Å². The van der Waals surface area contributed by atoms with E-state index in [9.17, 15) is 18.3 Å². The van der Waals surface area contributed by atoms with E-state index in [4.69, 9.17) is 4.74 Å². The molecule has 0 bridgehead atoms. The van der Waals surface area contributed by atoms with Gasteiger partial charge in [0.2, 0.25) is 0 Å². The minimum absolute atomic E-state index is 0.243. The highest BCUT2D eigenvalue weighted by atomic mass is 19.4. The molecule has 0 spiro atoms. The predicted octanol–water partition coefficient (Wildman–Crippen LogP) is 3.27. The Hall–Kier alpha value is -2.08. The van der Waals surface area contributed by atoms with Gasteiger partial charge >= 0.3 is 6.18 Å². The van der Waals surface area contributed by atoms with Crippen molar-refractivity contribution in [2.75, 3.05) is 7.11 Å². The number of aliphatic hydroxyl groups excluding tert-OH is 1. The molecule has 1 aromatic heterocycles. The lowest BCUT2D eigenvalue weighted by Crippen LogP contribution is -2.07. The van der Waals surface area contributed by atoms with Gasteiger partial charge in [-0.25, -0.2) is 0 Å². The summed E-state index contributed by atoms with van der Waals surface area (Å²) in [7, 11) is 1.50. The maximum absolute atomic E-state index is 12.4. The van der Waals surface area contributed by atoms with E-state index in [1.807, 2.05) is 0 Å². The highest BCUT2D eigenvalue weighted by Gasteiger charge is 2.32. The third kappa shape index (κ3) is 2.91. The zero-order valence-corrected chi connectivity index (χ0v) is 10.6. The van der Waals surface area contributed by atoms with E-state index < -0.39 is 11.9 Å². The minimum Gasteiger partial charge on any atom is -0.497 e. The predicted molar refractivity (Wildman–Crippen MR) is 67.1 cm³/mol. The molecule has 106 valence electrons. The fourth-order valence-corrected chi connectivity index (χ4v) is 1.83. The van der Waals surface area contributed by atoms with Crippen molar-refractivity contribution >= 4 is 0 Å². The Labute approximate surface area is 113 Å². The normalized spacial score (nSPS) is 11.4. The molecule has 1 aromatic carbocycles. The summed E-state index contributed by atoms with van der Waals surface area (Å²) >= 11 is 0. The molecular weight excluding hydrogens is 271 g/mol. The first-order valence-electron chi connectivity index (χ1n) is 5.77. The molecule has 2 aromatic rings. The van der Waals surface area contributed by atoms with Crippen LogP contribution in [0, 0.1) is 0 Å². The number of nitrogens with zero attached hydrogens (tertiary/aromatic N) is 1. The van der Waals surface area contributed by atoms with Crippen molar-refractivity contribution in [1.82, 2.24) is 4.98 Å². The summed E-state index contributed by atoms with van der Waals surface area (Å²) in [4.78, 5) is 3.41. The van der Waals surface area contributed by atoms with E-state index in [0.717, 1.165) is 12.3 Å². The Bertz CT molecular complexity index is 594. The van der Waals surface area contributed by atoms with Gasteiger partial charge in [0.15, 0.2) is 0 Å². The molecule has 0 amide bonds. The molecule has 0 aliphatic rings. The van der Waals surface area contributed by atoms with Crippen molar-refractivity contribution in [3.05, 3.63) is 47.8 Å². The average Bonchev–Trinajstić information content (AvgIpc) is 2.45. The molecule has 0 fully saturated rings. The summed E-state index contributed by atoms with van der Waals surface area (Å²) in [5, 5.41) is 9.33. The van der Waals surface area contributed by atoms with Crippen LogP contribution in [0.25, 0.3) is 11.1 Å². The molecule has 0 saturated carbocycles. The van der Waals surface area contributed by atoms with Crippen molar-refractivity contribution in [3.63, 3.8) is 0 Å². The monoisotopic (exact) mass is 283 g/mol. The third-order valence-corrected chi connectivity index (χ3v) is 2.85. The number of halogens is 3. The van der Waals surface area contributed by atoms with Crippen LogP contribution in [0.4, 0.5) is 13.2 Å². The number of pyridine rings is 1. The summed E-state index contributed by atoms with van der Waals surface area (Å²) in [5.74, 6) is 0.567. The van der Waals surface area contributed by atoms with Crippen LogP contribution in [-0.2, 0) is 12.8 Å². The minimum atomic E-state index is -4.46. The number of benzene rings is 1. The van der Waals surface area contributed by atoms with Crippen molar-refractivity contribution in [2.24, 2.45) is 0 Å².